The molecule has 0 radical (unpaired) electrons. The third-order valence-electron chi connectivity index (χ3n) is 29.0. The number of hydrogen-bond acceptors (Lipinski definition) is 9. The molecule has 6 heterocycles. The molecule has 0 aliphatic carbocycles. The number of anilines is 9. The van der Waals surface area contributed by atoms with Crippen LogP contribution in [0, 0.1) is 0 Å². The molecule has 30 rings (SSSR count). The second kappa shape index (κ2) is 36.5. The highest BCUT2D eigenvalue weighted by molar-refractivity contribution is 7.27. The van der Waals surface area contributed by atoms with Crippen LogP contribution in [0.1, 0.15) is 0 Å². The molecule has 0 saturated carbocycles. The van der Waals surface area contributed by atoms with E-state index in [-0.39, 0.29) is 0 Å². The maximum absolute atomic E-state index is 6.60. The Balaban J connectivity index is 0.000000107. The van der Waals surface area contributed by atoms with Gasteiger partial charge >= 0.3 is 0 Å². The molecule has 0 saturated heterocycles. The maximum atomic E-state index is 6.60. The molecule has 0 aliphatic rings. The van der Waals surface area contributed by atoms with Crippen LogP contribution in [0.3, 0.4) is 0 Å². The number of fused-ring (bicyclic) bond motifs is 24. The van der Waals surface area contributed by atoms with Crippen molar-refractivity contribution in [3.8, 4) is 66.8 Å². The van der Waals surface area contributed by atoms with E-state index in [0.29, 0.717) is 0 Å². The van der Waals surface area contributed by atoms with E-state index in [2.05, 4.69) is 524 Å². The highest BCUT2D eigenvalue weighted by atomic mass is 32.1. The van der Waals surface area contributed by atoms with E-state index in [9.17, 15) is 0 Å². The Kier molecular flexibility index (Phi) is 21.4. The molecule has 0 aliphatic heterocycles. The number of thiophene rings is 3. The zero-order valence-corrected chi connectivity index (χ0v) is 82.0. The lowest BCUT2D eigenvalue weighted by Crippen LogP contribution is -2.10. The molecule has 30 aromatic rings. The second-order valence-corrected chi connectivity index (χ2v) is 40.6. The van der Waals surface area contributed by atoms with Crippen LogP contribution in [0.2, 0.25) is 0 Å². The SMILES string of the molecule is c1cc(-c2cc3c4ccccc4oc3c3c2sc2ccccc23)cc(N(c2ccc(-c3ccc4ccccc4c3)cc2)c2cccc3ccccc23)c1.c1ccc(-c2ccc(N(c3ccc(-c4ccccc4)cc3)c3ccc(-c4cc5c6ccccc6oc5c5c4sc4ccccc45)cc3)cc2)cc1.c1ccc(N(c2ccccc2)c2ccc(-c3cc4c5ccccc5oc4c4c3sc3ccccc34)c3ccccc23)cc1. The third-order valence-corrected chi connectivity index (χ3v) is 32.6. The van der Waals surface area contributed by atoms with Crippen LogP contribution in [0.4, 0.5) is 51.2 Å². The van der Waals surface area contributed by atoms with Gasteiger partial charge in [-0.2, -0.15) is 0 Å². The first-order chi connectivity index (χ1) is 72.9. The number of nitrogens with zero attached hydrogens (tertiary/aromatic N) is 3. The molecule has 6 aromatic heterocycles. The fourth-order valence-electron chi connectivity index (χ4n) is 22.0. The number of hydrogen-bond donors (Lipinski definition) is 0. The minimum atomic E-state index is 0.916. The first kappa shape index (κ1) is 86.4. The van der Waals surface area contributed by atoms with E-state index in [1.165, 1.54) is 160 Å². The summed E-state index contributed by atoms with van der Waals surface area (Å²) in [5.74, 6) is 0. The van der Waals surface area contributed by atoms with Gasteiger partial charge in [-0.25, -0.2) is 0 Å². The molecule has 0 N–H and O–H groups in total. The van der Waals surface area contributed by atoms with Crippen LogP contribution in [0.25, 0.3) is 225 Å². The van der Waals surface area contributed by atoms with Gasteiger partial charge in [0.15, 0.2) is 0 Å². The molecule has 0 fully saturated rings. The van der Waals surface area contributed by atoms with Crippen LogP contribution in [0.5, 0.6) is 0 Å². The molecule has 0 atom stereocenters. The second-order valence-electron chi connectivity index (χ2n) is 37.5. The van der Waals surface area contributed by atoms with Gasteiger partial charge in [-0.1, -0.05) is 370 Å². The zero-order chi connectivity index (χ0) is 96.9. The van der Waals surface area contributed by atoms with Crippen molar-refractivity contribution in [2.45, 2.75) is 0 Å². The summed E-state index contributed by atoms with van der Waals surface area (Å²) in [6, 6.07) is 189. The van der Waals surface area contributed by atoms with Gasteiger partial charge in [0.1, 0.15) is 33.5 Å². The highest BCUT2D eigenvalue weighted by Gasteiger charge is 2.28. The van der Waals surface area contributed by atoms with Gasteiger partial charge < -0.3 is 28.0 Å². The van der Waals surface area contributed by atoms with Crippen molar-refractivity contribution < 1.29 is 13.3 Å². The molecular formula is C138H87N3O3S3. The third kappa shape index (κ3) is 15.3. The highest BCUT2D eigenvalue weighted by Crippen LogP contribution is 2.55. The van der Waals surface area contributed by atoms with Gasteiger partial charge in [0.05, 0.1) is 11.4 Å². The van der Waals surface area contributed by atoms with Crippen molar-refractivity contribution in [2.75, 3.05) is 14.7 Å². The predicted octanol–water partition coefficient (Wildman–Crippen LogP) is 41.7. The minimum Gasteiger partial charge on any atom is -0.455 e. The number of furan rings is 3. The van der Waals surface area contributed by atoms with Gasteiger partial charge in [0, 0.05) is 160 Å². The Morgan fingerprint density at radius 2 is 0.463 bits per heavy atom. The molecule has 24 aromatic carbocycles. The van der Waals surface area contributed by atoms with E-state index in [4.69, 9.17) is 13.3 Å². The standard InChI is InChI=1S/C50H31NOS.C48H31NOS.C40H25NOS/c1-2-13-35-29-36(24-23-32(35)11-1)33-25-27-38(28-26-33)51(45-20-10-14-34-12-3-4-17-40(34)45)39-16-9-15-37(30-39)43-31-44-41-18-5-7-21-46(41)52-49(44)48-42-19-6-8-22-47(42)53-50(43)48;1-3-11-32(12-4-1)34-19-25-37(26-20-34)49(38-27-21-35(22-28-38)33-13-5-2-6-14-33)39-29-23-36(24-30-39)42-31-43-40-15-7-9-17-44(40)50-47(43)46-41-16-8-10-18-45(41)51-48(42)46;1-3-13-26(14-4-1)41(27-15-5-2-6-16-27)35-24-23-29(28-17-7-8-18-30(28)35)34-25-33-31-19-9-11-21-36(31)42-39(33)38-32-20-10-12-22-37(32)43-40(34)38/h1-31H;1-31H;1-25H. The first-order valence-electron chi connectivity index (χ1n) is 49.8. The lowest BCUT2D eigenvalue weighted by molar-refractivity contribution is 0.672. The van der Waals surface area contributed by atoms with Gasteiger partial charge in [0.2, 0.25) is 0 Å². The average molecular weight is 1930 g/mol. The number of benzene rings is 24. The van der Waals surface area contributed by atoms with Crippen molar-refractivity contribution in [3.63, 3.8) is 0 Å². The van der Waals surface area contributed by atoms with Crippen LogP contribution >= 0.6 is 34.0 Å². The zero-order valence-electron chi connectivity index (χ0n) is 79.5. The summed E-state index contributed by atoms with van der Waals surface area (Å²) in [4.78, 5) is 7.10. The predicted molar refractivity (Wildman–Crippen MR) is 629 cm³/mol. The Bertz CT molecular complexity index is 10200. The van der Waals surface area contributed by atoms with Gasteiger partial charge in [-0.15, -0.1) is 34.0 Å². The van der Waals surface area contributed by atoms with Crippen LogP contribution in [-0.2, 0) is 0 Å². The summed E-state index contributed by atoms with van der Waals surface area (Å²) >= 11 is 5.53. The van der Waals surface area contributed by atoms with Gasteiger partial charge in [0.25, 0.3) is 0 Å². The topological polar surface area (TPSA) is 49.1 Å². The molecule has 0 unspecified atom stereocenters. The van der Waals surface area contributed by atoms with Crippen LogP contribution in [0.15, 0.2) is 541 Å². The van der Waals surface area contributed by atoms with Crippen LogP contribution < -0.4 is 14.7 Å². The molecule has 0 bridgehead atoms. The summed E-state index contributed by atoms with van der Waals surface area (Å²) in [7, 11) is 0. The van der Waals surface area contributed by atoms with E-state index < -0.39 is 0 Å². The van der Waals surface area contributed by atoms with Crippen molar-refractivity contribution in [1.29, 1.82) is 0 Å². The largest absolute Gasteiger partial charge is 0.455 e. The molecule has 6 nitrogen and oxygen atoms in total. The number of rotatable bonds is 15. The maximum Gasteiger partial charge on any atom is 0.144 e. The van der Waals surface area contributed by atoms with E-state index in [0.717, 1.165) is 117 Å². The molecular weight excluding hydrogens is 1840 g/mol. The van der Waals surface area contributed by atoms with E-state index >= 15 is 0 Å². The molecule has 0 amide bonds. The Morgan fingerprint density at radius 3 is 0.952 bits per heavy atom. The van der Waals surface area contributed by atoms with E-state index in [1.54, 1.807) is 0 Å². The van der Waals surface area contributed by atoms with Crippen molar-refractivity contribution in [2.24, 2.45) is 0 Å². The summed E-state index contributed by atoms with van der Waals surface area (Å²) in [5, 5.41) is 21.5. The Hall–Kier alpha value is -18.5. The molecule has 9 heteroatoms. The van der Waals surface area contributed by atoms with Crippen molar-refractivity contribution >= 4 is 244 Å². The van der Waals surface area contributed by atoms with Gasteiger partial charge in [-0.05, 0) is 229 Å². The van der Waals surface area contributed by atoms with Gasteiger partial charge in [-0.3, -0.25) is 0 Å². The molecule has 147 heavy (non-hydrogen) atoms. The summed E-state index contributed by atoms with van der Waals surface area (Å²) in [6.07, 6.45) is 0. The average Bonchev–Trinajstić information content (AvgIpc) is 1.57. The smallest absolute Gasteiger partial charge is 0.144 e. The fraction of sp³-hybridized carbons (Fsp3) is 0. The summed E-state index contributed by atoms with van der Waals surface area (Å²) < 4.78 is 27.3. The summed E-state index contributed by atoms with van der Waals surface area (Å²) in [6.45, 7) is 0. The monoisotopic (exact) mass is 1930 g/mol. The molecule has 0 spiro atoms. The number of para-hydroxylation sites is 5. The van der Waals surface area contributed by atoms with Crippen LogP contribution in [-0.4, -0.2) is 0 Å². The van der Waals surface area contributed by atoms with Crippen molar-refractivity contribution in [1.82, 2.24) is 0 Å². The summed E-state index contributed by atoms with van der Waals surface area (Å²) in [5.41, 5.74) is 30.2. The normalized spacial score (nSPS) is 11.7. The lowest BCUT2D eigenvalue weighted by atomic mass is 9.93. The Morgan fingerprint density at radius 1 is 0.150 bits per heavy atom. The fourth-order valence-corrected chi connectivity index (χ4v) is 25.7. The van der Waals surface area contributed by atoms with E-state index in [1.807, 2.05) is 52.2 Å². The van der Waals surface area contributed by atoms with Crippen molar-refractivity contribution in [3.05, 3.63) is 528 Å². The Labute approximate surface area is 859 Å². The minimum absolute atomic E-state index is 0.916. The lowest BCUT2D eigenvalue weighted by Gasteiger charge is -2.27. The first-order valence-corrected chi connectivity index (χ1v) is 52.2. The quantitative estimate of drug-likeness (QED) is 0.102. The molecule has 690 valence electrons.